The zero-order valence-electron chi connectivity index (χ0n) is 26.2. The van der Waals surface area contributed by atoms with Crippen LogP contribution in [0, 0.1) is 6.92 Å². The Morgan fingerprint density at radius 2 is 1.47 bits per heavy atom. The molecule has 0 aliphatic heterocycles. The molecular weight excluding hydrogens is 586 g/mol. The fourth-order valence-electron chi connectivity index (χ4n) is 4.92. The van der Waals surface area contributed by atoms with Crippen molar-refractivity contribution >= 4 is 27.5 Å². The molecule has 4 aromatic rings. The molecule has 0 fully saturated rings. The van der Waals surface area contributed by atoms with E-state index in [0.717, 1.165) is 21.0 Å². The summed E-state index contributed by atoms with van der Waals surface area (Å²) in [5, 5.41) is 3.05. The van der Waals surface area contributed by atoms with Gasteiger partial charge in [0.05, 0.1) is 17.7 Å². The fourth-order valence-corrected chi connectivity index (χ4v) is 6.36. The lowest BCUT2D eigenvalue weighted by Gasteiger charge is -2.34. The first-order chi connectivity index (χ1) is 21.6. The maximum atomic E-state index is 14.5. The number of ether oxygens (including phenoxy) is 1. The van der Waals surface area contributed by atoms with Crippen LogP contribution in [0.2, 0.25) is 0 Å². The second kappa shape index (κ2) is 15.4. The highest BCUT2D eigenvalue weighted by Gasteiger charge is 2.35. The number of carbonyl (C=O) groups excluding carboxylic acids is 2. The lowest BCUT2D eigenvalue weighted by atomic mass is 10.0. The van der Waals surface area contributed by atoms with Crippen LogP contribution in [0.25, 0.3) is 0 Å². The molecule has 4 rings (SSSR count). The lowest BCUT2D eigenvalue weighted by Crippen LogP contribution is -2.54. The predicted octanol–water partition coefficient (Wildman–Crippen LogP) is 5.75. The first-order valence-corrected chi connectivity index (χ1v) is 16.5. The Kier molecular flexibility index (Phi) is 11.4. The summed E-state index contributed by atoms with van der Waals surface area (Å²) in [5.41, 5.74) is 2.91. The summed E-state index contributed by atoms with van der Waals surface area (Å²) in [6, 6.07) is 30.8. The average Bonchev–Trinajstić information content (AvgIpc) is 3.06. The van der Waals surface area contributed by atoms with E-state index in [1.54, 1.807) is 55.6 Å². The molecule has 0 bridgehead atoms. The summed E-state index contributed by atoms with van der Waals surface area (Å²) in [6.07, 6.45) is 0.957. The predicted molar refractivity (Wildman–Crippen MR) is 178 cm³/mol. The van der Waals surface area contributed by atoms with Crippen LogP contribution >= 0.6 is 0 Å². The van der Waals surface area contributed by atoms with Crippen LogP contribution in [0.15, 0.2) is 114 Å². The maximum absolute atomic E-state index is 14.5. The van der Waals surface area contributed by atoms with Crippen LogP contribution in [0.4, 0.5) is 5.69 Å². The van der Waals surface area contributed by atoms with Crippen molar-refractivity contribution in [2.75, 3.05) is 18.0 Å². The van der Waals surface area contributed by atoms with Crippen molar-refractivity contribution in [2.45, 2.75) is 57.1 Å². The van der Waals surface area contributed by atoms with Crippen molar-refractivity contribution in [3.8, 4) is 5.75 Å². The van der Waals surface area contributed by atoms with Gasteiger partial charge in [-0.3, -0.25) is 13.9 Å². The number of aryl methyl sites for hydroxylation is 1. The minimum atomic E-state index is -4.14. The van der Waals surface area contributed by atoms with Gasteiger partial charge in [0.15, 0.2) is 0 Å². The maximum Gasteiger partial charge on any atom is 0.264 e. The van der Waals surface area contributed by atoms with E-state index < -0.39 is 28.5 Å². The molecule has 2 unspecified atom stereocenters. The Morgan fingerprint density at radius 3 is 2.09 bits per heavy atom. The van der Waals surface area contributed by atoms with E-state index in [1.165, 1.54) is 17.0 Å². The number of nitrogens with zero attached hydrogens (tertiary/aromatic N) is 2. The highest BCUT2D eigenvalue weighted by molar-refractivity contribution is 7.92. The third kappa shape index (κ3) is 8.73. The molecule has 8 nitrogen and oxygen atoms in total. The van der Waals surface area contributed by atoms with Crippen molar-refractivity contribution in [1.82, 2.24) is 10.2 Å². The van der Waals surface area contributed by atoms with Gasteiger partial charge in [0.25, 0.3) is 10.0 Å². The Morgan fingerprint density at radius 1 is 0.844 bits per heavy atom. The van der Waals surface area contributed by atoms with Crippen molar-refractivity contribution in [2.24, 2.45) is 0 Å². The van der Waals surface area contributed by atoms with Gasteiger partial charge in [-0.15, -0.1) is 0 Å². The lowest BCUT2D eigenvalue weighted by molar-refractivity contribution is -0.140. The third-order valence-electron chi connectivity index (χ3n) is 7.69. The molecule has 0 spiro atoms. The van der Waals surface area contributed by atoms with Gasteiger partial charge in [-0.05, 0) is 67.8 Å². The van der Waals surface area contributed by atoms with Crippen molar-refractivity contribution < 1.29 is 22.7 Å². The van der Waals surface area contributed by atoms with Gasteiger partial charge < -0.3 is 15.0 Å². The summed E-state index contributed by atoms with van der Waals surface area (Å²) >= 11 is 0. The van der Waals surface area contributed by atoms with Gasteiger partial charge in [0.2, 0.25) is 11.8 Å². The van der Waals surface area contributed by atoms with Crippen molar-refractivity contribution in [3.63, 3.8) is 0 Å². The monoisotopic (exact) mass is 627 g/mol. The van der Waals surface area contributed by atoms with Crippen LogP contribution in [0.1, 0.15) is 37.0 Å². The number of amides is 2. The van der Waals surface area contributed by atoms with Gasteiger partial charge in [-0.2, -0.15) is 0 Å². The molecule has 0 saturated heterocycles. The normalized spacial score (nSPS) is 12.5. The van der Waals surface area contributed by atoms with Gasteiger partial charge in [-0.1, -0.05) is 85.3 Å². The molecule has 0 aliphatic carbocycles. The molecule has 2 amide bonds. The number of anilines is 1. The van der Waals surface area contributed by atoms with Crippen LogP contribution in [-0.2, 0) is 32.6 Å². The third-order valence-corrected chi connectivity index (χ3v) is 9.48. The molecule has 45 heavy (non-hydrogen) atoms. The second-order valence-electron chi connectivity index (χ2n) is 11.1. The number of benzene rings is 4. The van der Waals surface area contributed by atoms with E-state index in [-0.39, 0.29) is 29.8 Å². The smallest absolute Gasteiger partial charge is 0.264 e. The Labute approximate surface area is 266 Å². The van der Waals surface area contributed by atoms with Crippen LogP contribution < -0.4 is 14.4 Å². The van der Waals surface area contributed by atoms with Crippen molar-refractivity contribution in [1.29, 1.82) is 0 Å². The minimum absolute atomic E-state index is 0.0630. The zero-order chi connectivity index (χ0) is 32.4. The fraction of sp³-hybridized carbons (Fsp3) is 0.278. The van der Waals surface area contributed by atoms with E-state index in [2.05, 4.69) is 5.32 Å². The second-order valence-corrected chi connectivity index (χ2v) is 12.9. The molecule has 0 saturated carbocycles. The van der Waals surface area contributed by atoms with Crippen LogP contribution in [0.3, 0.4) is 0 Å². The summed E-state index contributed by atoms with van der Waals surface area (Å²) in [7, 11) is -2.58. The topological polar surface area (TPSA) is 96.0 Å². The summed E-state index contributed by atoms with van der Waals surface area (Å²) < 4.78 is 34.7. The first kappa shape index (κ1) is 33.3. The van der Waals surface area contributed by atoms with E-state index in [4.69, 9.17) is 4.74 Å². The number of methoxy groups -OCH3 is 1. The molecule has 9 heteroatoms. The van der Waals surface area contributed by atoms with E-state index in [9.17, 15) is 18.0 Å². The molecule has 236 valence electrons. The van der Waals surface area contributed by atoms with Crippen LogP contribution in [0.5, 0.6) is 5.75 Å². The summed E-state index contributed by atoms with van der Waals surface area (Å²) in [5.74, 6) is -0.216. The minimum Gasteiger partial charge on any atom is -0.497 e. The number of nitrogens with one attached hydrogen (secondary N) is 1. The van der Waals surface area contributed by atoms with Gasteiger partial charge in [0.1, 0.15) is 18.3 Å². The van der Waals surface area contributed by atoms with Crippen molar-refractivity contribution in [3.05, 3.63) is 126 Å². The molecule has 2 atom stereocenters. The van der Waals surface area contributed by atoms with Gasteiger partial charge >= 0.3 is 0 Å². The highest BCUT2D eigenvalue weighted by Crippen LogP contribution is 2.26. The average molecular weight is 628 g/mol. The van der Waals surface area contributed by atoms with E-state index in [0.29, 0.717) is 17.9 Å². The molecule has 0 radical (unpaired) electrons. The first-order valence-electron chi connectivity index (χ1n) is 15.0. The Bertz CT molecular complexity index is 1660. The highest BCUT2D eigenvalue weighted by atomic mass is 32.2. The quantitative estimate of drug-likeness (QED) is 0.192. The van der Waals surface area contributed by atoms with Gasteiger partial charge in [0, 0.05) is 19.0 Å². The Balaban J connectivity index is 1.81. The standard InChI is InChI=1S/C36H41N3O5S/c1-5-28(3)37-36(41)34(24-29-13-8-6-9-14-29)38(25-30-15-12-16-32(23-30)44-4)35(40)26-39(31-21-19-27(2)20-22-31)45(42,43)33-17-10-7-11-18-33/h6-23,28,34H,5,24-26H2,1-4H3,(H,37,41). The number of carbonyl (C=O) groups is 2. The largest absolute Gasteiger partial charge is 0.497 e. The molecule has 1 N–H and O–H groups in total. The summed E-state index contributed by atoms with van der Waals surface area (Å²) in [4.78, 5) is 30.0. The SMILES string of the molecule is CCC(C)NC(=O)C(Cc1ccccc1)N(Cc1cccc(OC)c1)C(=O)CN(c1ccc(C)cc1)S(=O)(=O)c1ccccc1. The number of hydrogen-bond donors (Lipinski definition) is 1. The number of hydrogen-bond acceptors (Lipinski definition) is 5. The van der Waals surface area contributed by atoms with E-state index in [1.807, 2.05) is 69.3 Å². The zero-order valence-corrected chi connectivity index (χ0v) is 27.0. The Hall–Kier alpha value is -4.63. The summed E-state index contributed by atoms with van der Waals surface area (Å²) in [6.45, 7) is 5.35. The number of sulfonamides is 1. The molecule has 0 heterocycles. The number of rotatable bonds is 14. The molecule has 0 aliphatic rings. The molecule has 4 aromatic carbocycles. The molecular formula is C36H41N3O5S. The van der Waals surface area contributed by atoms with Crippen LogP contribution in [-0.4, -0.2) is 50.9 Å². The van der Waals surface area contributed by atoms with Gasteiger partial charge in [-0.25, -0.2) is 8.42 Å². The molecule has 0 aromatic heterocycles. The van der Waals surface area contributed by atoms with E-state index >= 15 is 0 Å².